The van der Waals surface area contributed by atoms with Gasteiger partial charge in [0.25, 0.3) is 0 Å². The molecule has 0 radical (unpaired) electrons. The van der Waals surface area contributed by atoms with E-state index in [4.69, 9.17) is 16.3 Å². The first kappa shape index (κ1) is 16.2. The molecular formula is C18H17ClO3. The van der Waals surface area contributed by atoms with Gasteiger partial charge in [-0.2, -0.15) is 0 Å². The van der Waals surface area contributed by atoms with Crippen LogP contribution in [0.3, 0.4) is 0 Å². The first-order chi connectivity index (χ1) is 10.5. The number of rotatable bonds is 4. The van der Waals surface area contributed by atoms with Gasteiger partial charge < -0.3 is 4.74 Å². The van der Waals surface area contributed by atoms with E-state index in [0.29, 0.717) is 28.9 Å². The fourth-order valence-electron chi connectivity index (χ4n) is 2.44. The maximum absolute atomic E-state index is 11.9. The van der Waals surface area contributed by atoms with E-state index in [2.05, 4.69) is 0 Å². The Labute approximate surface area is 134 Å². The Morgan fingerprint density at radius 3 is 2.36 bits per heavy atom. The number of methoxy groups -OCH3 is 1. The molecule has 0 aliphatic heterocycles. The predicted molar refractivity (Wildman–Crippen MR) is 86.9 cm³/mol. The molecule has 114 valence electrons. The predicted octanol–water partition coefficient (Wildman–Crippen LogP) is 4.15. The third-order valence-corrected chi connectivity index (χ3v) is 4.14. The largest absolute Gasteiger partial charge is 0.465 e. The Bertz CT molecular complexity index is 718. The van der Waals surface area contributed by atoms with Crippen LogP contribution in [0.5, 0.6) is 0 Å². The standard InChI is InChI=1S/C18H17ClO3/c1-11-12(2)17(10-20)16(18(21)22-3)9-14(11)8-13-4-6-15(19)7-5-13/h4-7,9-10H,8H2,1-3H3. The van der Waals surface area contributed by atoms with Gasteiger partial charge in [0.1, 0.15) is 0 Å². The Balaban J connectivity index is 2.51. The van der Waals surface area contributed by atoms with Gasteiger partial charge in [0.15, 0.2) is 6.29 Å². The van der Waals surface area contributed by atoms with E-state index < -0.39 is 5.97 Å². The molecule has 0 unspecified atom stereocenters. The zero-order valence-corrected chi connectivity index (χ0v) is 13.5. The van der Waals surface area contributed by atoms with E-state index in [0.717, 1.165) is 22.3 Å². The number of ether oxygens (including phenoxy) is 1. The van der Waals surface area contributed by atoms with Crippen molar-refractivity contribution in [2.75, 3.05) is 7.11 Å². The molecule has 0 fully saturated rings. The van der Waals surface area contributed by atoms with Gasteiger partial charge in [-0.25, -0.2) is 4.79 Å². The summed E-state index contributed by atoms with van der Waals surface area (Å²) in [6.07, 6.45) is 1.37. The molecule has 0 saturated heterocycles. The maximum Gasteiger partial charge on any atom is 0.338 e. The SMILES string of the molecule is COC(=O)c1cc(Cc2ccc(Cl)cc2)c(C)c(C)c1C=O. The van der Waals surface area contributed by atoms with Gasteiger partial charge in [-0.3, -0.25) is 4.79 Å². The van der Waals surface area contributed by atoms with Crippen LogP contribution < -0.4 is 0 Å². The molecule has 2 rings (SSSR count). The number of benzene rings is 2. The minimum atomic E-state index is -0.498. The number of hydrogen-bond donors (Lipinski definition) is 0. The highest BCUT2D eigenvalue weighted by molar-refractivity contribution is 6.30. The van der Waals surface area contributed by atoms with Gasteiger partial charge >= 0.3 is 5.97 Å². The molecule has 0 saturated carbocycles. The highest BCUT2D eigenvalue weighted by atomic mass is 35.5. The van der Waals surface area contributed by atoms with Gasteiger partial charge in [-0.1, -0.05) is 23.7 Å². The first-order valence-corrected chi connectivity index (χ1v) is 7.26. The Morgan fingerprint density at radius 2 is 1.82 bits per heavy atom. The number of hydrogen-bond acceptors (Lipinski definition) is 3. The molecule has 2 aromatic rings. The van der Waals surface area contributed by atoms with Crippen molar-refractivity contribution in [3.05, 3.63) is 68.7 Å². The van der Waals surface area contributed by atoms with Crippen LogP contribution in [0.25, 0.3) is 0 Å². The molecular weight excluding hydrogens is 300 g/mol. The summed E-state index contributed by atoms with van der Waals surface area (Å²) >= 11 is 5.90. The van der Waals surface area contributed by atoms with E-state index in [1.807, 2.05) is 38.1 Å². The van der Waals surface area contributed by atoms with Crippen molar-refractivity contribution in [1.29, 1.82) is 0 Å². The molecule has 0 atom stereocenters. The summed E-state index contributed by atoms with van der Waals surface area (Å²) in [5, 5.41) is 0.684. The number of aldehydes is 1. The van der Waals surface area contributed by atoms with E-state index in [9.17, 15) is 9.59 Å². The fourth-order valence-corrected chi connectivity index (χ4v) is 2.57. The molecule has 2 aromatic carbocycles. The summed E-state index contributed by atoms with van der Waals surface area (Å²) in [6, 6.07) is 9.30. The summed E-state index contributed by atoms with van der Waals surface area (Å²) in [7, 11) is 1.31. The van der Waals surface area contributed by atoms with E-state index >= 15 is 0 Å². The van der Waals surface area contributed by atoms with Crippen molar-refractivity contribution < 1.29 is 14.3 Å². The lowest BCUT2D eigenvalue weighted by molar-refractivity contribution is 0.0598. The molecule has 0 aromatic heterocycles. The number of esters is 1. The fraction of sp³-hybridized carbons (Fsp3) is 0.222. The van der Waals surface area contributed by atoms with E-state index in [1.165, 1.54) is 7.11 Å². The minimum Gasteiger partial charge on any atom is -0.465 e. The summed E-state index contributed by atoms with van der Waals surface area (Å²) in [6.45, 7) is 3.80. The van der Waals surface area contributed by atoms with Crippen molar-refractivity contribution in [2.45, 2.75) is 20.3 Å². The lowest BCUT2D eigenvalue weighted by Gasteiger charge is -2.14. The smallest absolute Gasteiger partial charge is 0.338 e. The highest BCUT2D eigenvalue weighted by Gasteiger charge is 2.18. The number of carbonyl (C=O) groups is 2. The van der Waals surface area contributed by atoms with Crippen molar-refractivity contribution in [3.8, 4) is 0 Å². The third-order valence-electron chi connectivity index (χ3n) is 3.89. The van der Waals surface area contributed by atoms with Crippen LogP contribution in [0, 0.1) is 13.8 Å². The van der Waals surface area contributed by atoms with Gasteiger partial charge in [0, 0.05) is 10.6 Å². The van der Waals surface area contributed by atoms with Gasteiger partial charge in [0.2, 0.25) is 0 Å². The van der Waals surface area contributed by atoms with Crippen LogP contribution in [0.2, 0.25) is 5.02 Å². The van der Waals surface area contributed by atoms with Gasteiger partial charge in [0.05, 0.1) is 12.7 Å². The first-order valence-electron chi connectivity index (χ1n) is 6.89. The lowest BCUT2D eigenvalue weighted by Crippen LogP contribution is -2.10. The molecule has 0 heterocycles. The molecule has 0 amide bonds. The minimum absolute atomic E-state index is 0.310. The van der Waals surface area contributed by atoms with E-state index in [-0.39, 0.29) is 0 Å². The van der Waals surface area contributed by atoms with Crippen LogP contribution in [-0.2, 0) is 11.2 Å². The maximum atomic E-state index is 11.9. The zero-order valence-electron chi connectivity index (χ0n) is 12.8. The molecule has 4 heteroatoms. The van der Waals surface area contributed by atoms with Gasteiger partial charge in [-0.05, 0) is 60.7 Å². The summed E-state index contributed by atoms with van der Waals surface area (Å²) in [4.78, 5) is 23.2. The Kier molecular flexibility index (Phi) is 4.99. The molecule has 0 spiro atoms. The Hall–Kier alpha value is -2.13. The van der Waals surface area contributed by atoms with Crippen molar-refractivity contribution in [3.63, 3.8) is 0 Å². The summed E-state index contributed by atoms with van der Waals surface area (Å²) in [5.41, 5.74) is 4.59. The number of carbonyl (C=O) groups excluding carboxylic acids is 2. The summed E-state index contributed by atoms with van der Waals surface area (Å²) < 4.78 is 4.78. The summed E-state index contributed by atoms with van der Waals surface area (Å²) in [5.74, 6) is -0.498. The van der Waals surface area contributed by atoms with Crippen molar-refractivity contribution >= 4 is 23.9 Å². The van der Waals surface area contributed by atoms with Crippen LogP contribution in [-0.4, -0.2) is 19.4 Å². The normalized spacial score (nSPS) is 10.4. The van der Waals surface area contributed by atoms with E-state index in [1.54, 1.807) is 6.07 Å². The van der Waals surface area contributed by atoms with Crippen LogP contribution in [0.1, 0.15) is 43.0 Å². The molecule has 0 aliphatic rings. The second kappa shape index (κ2) is 6.75. The third kappa shape index (κ3) is 3.20. The van der Waals surface area contributed by atoms with Crippen LogP contribution >= 0.6 is 11.6 Å². The van der Waals surface area contributed by atoms with Crippen LogP contribution in [0.15, 0.2) is 30.3 Å². The zero-order chi connectivity index (χ0) is 16.3. The number of halogens is 1. The molecule has 0 N–H and O–H groups in total. The quantitative estimate of drug-likeness (QED) is 0.628. The second-order valence-electron chi connectivity index (χ2n) is 5.16. The van der Waals surface area contributed by atoms with Gasteiger partial charge in [-0.15, -0.1) is 0 Å². The topological polar surface area (TPSA) is 43.4 Å². The highest BCUT2D eigenvalue weighted by Crippen LogP contribution is 2.24. The molecule has 0 bridgehead atoms. The van der Waals surface area contributed by atoms with Crippen molar-refractivity contribution in [2.24, 2.45) is 0 Å². The Morgan fingerprint density at radius 1 is 1.18 bits per heavy atom. The molecule has 22 heavy (non-hydrogen) atoms. The average Bonchev–Trinajstić information content (AvgIpc) is 2.53. The average molecular weight is 317 g/mol. The van der Waals surface area contributed by atoms with Crippen LogP contribution in [0.4, 0.5) is 0 Å². The monoisotopic (exact) mass is 316 g/mol. The van der Waals surface area contributed by atoms with Crippen molar-refractivity contribution in [1.82, 2.24) is 0 Å². The second-order valence-corrected chi connectivity index (χ2v) is 5.60. The molecule has 0 aliphatic carbocycles. The lowest BCUT2D eigenvalue weighted by atomic mass is 9.90. The molecule has 3 nitrogen and oxygen atoms in total.